The fourth-order valence-corrected chi connectivity index (χ4v) is 2.19. The Kier molecular flexibility index (Phi) is 2.50. The van der Waals surface area contributed by atoms with Crippen LogP contribution in [0.25, 0.3) is 0 Å². The number of benzene rings is 1. The fraction of sp³-hybridized carbons (Fsp3) is 0.273. The summed E-state index contributed by atoms with van der Waals surface area (Å²) in [4.78, 5) is 22.2. The number of fused-ring (bicyclic) bond motifs is 1. The maximum atomic E-state index is 11.7. The maximum absolute atomic E-state index is 11.7. The van der Waals surface area contributed by atoms with Crippen LogP contribution in [0.5, 0.6) is 0 Å². The first kappa shape index (κ1) is 9.59. The van der Waals surface area contributed by atoms with Gasteiger partial charge in [0.2, 0.25) is 0 Å². The standard InChI is InChI=1S/C11H9BrO2/c12-10-4-2-8-5-7(6-13)1-3-9(8)11(10)14/h1,3,5-6,10H,2,4H2. The molecule has 0 spiro atoms. The lowest BCUT2D eigenvalue weighted by Gasteiger charge is -2.18. The van der Waals surface area contributed by atoms with Gasteiger partial charge in [-0.1, -0.05) is 28.1 Å². The quantitative estimate of drug-likeness (QED) is 0.568. The summed E-state index contributed by atoms with van der Waals surface area (Å²) in [5.74, 6) is 0.128. The molecule has 0 saturated carbocycles. The minimum atomic E-state index is -0.0583. The van der Waals surface area contributed by atoms with Gasteiger partial charge < -0.3 is 0 Å². The molecule has 1 aliphatic rings. The molecule has 1 aromatic rings. The summed E-state index contributed by atoms with van der Waals surface area (Å²) < 4.78 is 0. The number of hydrogen-bond donors (Lipinski definition) is 0. The molecule has 0 saturated heterocycles. The molecule has 2 nitrogen and oxygen atoms in total. The Balaban J connectivity index is 2.48. The molecule has 1 atom stereocenters. The number of ketones is 1. The summed E-state index contributed by atoms with van der Waals surface area (Å²) in [5.41, 5.74) is 2.39. The molecule has 0 fully saturated rings. The van der Waals surface area contributed by atoms with Gasteiger partial charge >= 0.3 is 0 Å². The highest BCUT2D eigenvalue weighted by Gasteiger charge is 2.24. The SMILES string of the molecule is O=Cc1ccc2c(c1)CCC(Br)C2=O. The van der Waals surface area contributed by atoms with Crippen molar-refractivity contribution >= 4 is 28.0 Å². The predicted molar refractivity (Wildman–Crippen MR) is 57.2 cm³/mol. The van der Waals surface area contributed by atoms with Crippen molar-refractivity contribution in [3.05, 3.63) is 34.9 Å². The first-order valence-corrected chi connectivity index (χ1v) is 5.40. The van der Waals surface area contributed by atoms with E-state index in [9.17, 15) is 9.59 Å². The third-order valence-corrected chi connectivity index (χ3v) is 3.36. The van der Waals surface area contributed by atoms with E-state index in [1.165, 1.54) is 0 Å². The number of carbonyl (C=O) groups excluding carboxylic acids is 2. The minimum Gasteiger partial charge on any atom is -0.298 e. The van der Waals surface area contributed by atoms with E-state index < -0.39 is 0 Å². The van der Waals surface area contributed by atoms with Crippen LogP contribution in [0.15, 0.2) is 18.2 Å². The van der Waals surface area contributed by atoms with Gasteiger partial charge in [-0.3, -0.25) is 9.59 Å². The van der Waals surface area contributed by atoms with E-state index in [4.69, 9.17) is 0 Å². The zero-order chi connectivity index (χ0) is 10.1. The van der Waals surface area contributed by atoms with E-state index in [1.54, 1.807) is 18.2 Å². The molecule has 14 heavy (non-hydrogen) atoms. The summed E-state index contributed by atoms with van der Waals surface area (Å²) in [7, 11) is 0. The lowest BCUT2D eigenvalue weighted by molar-refractivity contribution is 0.0980. The molecule has 0 heterocycles. The monoisotopic (exact) mass is 252 g/mol. The van der Waals surface area contributed by atoms with E-state index in [0.29, 0.717) is 5.56 Å². The van der Waals surface area contributed by atoms with Crippen LogP contribution >= 0.6 is 15.9 Å². The smallest absolute Gasteiger partial charge is 0.176 e. The first-order valence-electron chi connectivity index (χ1n) is 4.49. The van der Waals surface area contributed by atoms with Gasteiger partial charge in [-0.15, -0.1) is 0 Å². The van der Waals surface area contributed by atoms with Crippen LogP contribution in [0.1, 0.15) is 32.7 Å². The van der Waals surface area contributed by atoms with E-state index in [-0.39, 0.29) is 10.6 Å². The highest BCUT2D eigenvalue weighted by Crippen LogP contribution is 2.26. The maximum Gasteiger partial charge on any atom is 0.176 e. The third-order valence-electron chi connectivity index (χ3n) is 2.48. The van der Waals surface area contributed by atoms with Crippen molar-refractivity contribution in [1.29, 1.82) is 0 Å². The molecule has 1 unspecified atom stereocenters. The number of alkyl halides is 1. The normalized spacial score (nSPS) is 20.4. The Morgan fingerprint density at radius 1 is 1.43 bits per heavy atom. The molecular formula is C11H9BrO2. The van der Waals surface area contributed by atoms with Crippen molar-refractivity contribution in [2.24, 2.45) is 0 Å². The van der Waals surface area contributed by atoms with Crippen LogP contribution in [-0.2, 0) is 6.42 Å². The minimum absolute atomic E-state index is 0.0583. The van der Waals surface area contributed by atoms with Crippen molar-refractivity contribution in [2.75, 3.05) is 0 Å². The van der Waals surface area contributed by atoms with Crippen LogP contribution in [-0.4, -0.2) is 16.9 Å². The fourth-order valence-electron chi connectivity index (χ4n) is 1.72. The number of aldehydes is 1. The Labute approximate surface area is 90.4 Å². The second-order valence-electron chi connectivity index (χ2n) is 3.40. The molecule has 0 aromatic heterocycles. The average molecular weight is 253 g/mol. The summed E-state index contributed by atoms with van der Waals surface area (Å²) in [6.07, 6.45) is 2.48. The van der Waals surface area contributed by atoms with Crippen molar-refractivity contribution < 1.29 is 9.59 Å². The van der Waals surface area contributed by atoms with E-state index in [2.05, 4.69) is 15.9 Å². The Morgan fingerprint density at radius 2 is 2.21 bits per heavy atom. The van der Waals surface area contributed by atoms with Crippen molar-refractivity contribution in [3.63, 3.8) is 0 Å². The van der Waals surface area contributed by atoms with E-state index in [1.807, 2.05) is 0 Å². The van der Waals surface area contributed by atoms with Gasteiger partial charge in [0, 0.05) is 11.1 Å². The van der Waals surface area contributed by atoms with Gasteiger partial charge in [-0.2, -0.15) is 0 Å². The second kappa shape index (κ2) is 3.65. The molecule has 2 rings (SSSR count). The number of hydrogen-bond acceptors (Lipinski definition) is 2. The van der Waals surface area contributed by atoms with E-state index in [0.717, 1.165) is 30.3 Å². The van der Waals surface area contributed by atoms with Crippen molar-refractivity contribution in [3.8, 4) is 0 Å². The van der Waals surface area contributed by atoms with Gasteiger partial charge in [0.05, 0.1) is 4.83 Å². The largest absolute Gasteiger partial charge is 0.298 e. The van der Waals surface area contributed by atoms with Crippen LogP contribution in [0, 0.1) is 0 Å². The summed E-state index contributed by atoms with van der Waals surface area (Å²) in [6, 6.07) is 5.24. The molecule has 1 aliphatic carbocycles. The topological polar surface area (TPSA) is 34.1 Å². The van der Waals surface area contributed by atoms with Crippen LogP contribution in [0.2, 0.25) is 0 Å². The van der Waals surface area contributed by atoms with E-state index >= 15 is 0 Å². The van der Waals surface area contributed by atoms with Crippen molar-refractivity contribution in [2.45, 2.75) is 17.7 Å². The number of carbonyl (C=O) groups is 2. The molecular weight excluding hydrogens is 244 g/mol. The Bertz CT molecular complexity index is 398. The molecule has 0 radical (unpaired) electrons. The predicted octanol–water partition coefficient (Wildman–Crippen LogP) is 2.39. The van der Waals surface area contributed by atoms with Crippen LogP contribution in [0.3, 0.4) is 0 Å². The van der Waals surface area contributed by atoms with Crippen LogP contribution in [0.4, 0.5) is 0 Å². The molecule has 1 aromatic carbocycles. The molecule has 0 N–H and O–H groups in total. The summed E-state index contributed by atoms with van der Waals surface area (Å²) in [5, 5.41) is 0. The summed E-state index contributed by atoms with van der Waals surface area (Å²) in [6.45, 7) is 0. The van der Waals surface area contributed by atoms with Crippen molar-refractivity contribution in [1.82, 2.24) is 0 Å². The highest BCUT2D eigenvalue weighted by atomic mass is 79.9. The molecule has 0 amide bonds. The Morgan fingerprint density at radius 3 is 2.93 bits per heavy atom. The van der Waals surface area contributed by atoms with Gasteiger partial charge in [-0.05, 0) is 24.5 Å². The lowest BCUT2D eigenvalue weighted by Crippen LogP contribution is -2.22. The molecule has 0 bridgehead atoms. The van der Waals surface area contributed by atoms with Crippen LogP contribution < -0.4 is 0 Å². The number of rotatable bonds is 1. The molecule has 3 heteroatoms. The highest BCUT2D eigenvalue weighted by molar-refractivity contribution is 9.10. The van der Waals surface area contributed by atoms with Gasteiger partial charge in [0.25, 0.3) is 0 Å². The molecule has 72 valence electrons. The number of halogens is 1. The zero-order valence-electron chi connectivity index (χ0n) is 7.50. The third kappa shape index (κ3) is 1.52. The average Bonchev–Trinajstić information content (AvgIpc) is 2.23. The van der Waals surface area contributed by atoms with Gasteiger partial charge in [0.1, 0.15) is 6.29 Å². The number of Topliss-reactive ketones (excluding diaryl/α,β-unsaturated/α-hetero) is 1. The number of aryl methyl sites for hydroxylation is 1. The van der Waals surface area contributed by atoms with Gasteiger partial charge in [0.15, 0.2) is 5.78 Å². The zero-order valence-corrected chi connectivity index (χ0v) is 9.08. The van der Waals surface area contributed by atoms with Gasteiger partial charge in [-0.25, -0.2) is 0 Å². The summed E-state index contributed by atoms with van der Waals surface area (Å²) >= 11 is 3.34. The lowest BCUT2D eigenvalue weighted by atomic mass is 9.89. The Hall–Kier alpha value is -0.960. The second-order valence-corrected chi connectivity index (χ2v) is 4.51. The first-order chi connectivity index (χ1) is 6.72. The molecule has 0 aliphatic heterocycles.